The minimum Gasteiger partial charge on any atom is -0.387 e. The number of nitrogens with zero attached hydrogens (tertiary/aromatic N) is 1. The molecule has 0 aromatic heterocycles. The molecule has 1 fully saturated rings. The van der Waals surface area contributed by atoms with Gasteiger partial charge in [0.25, 0.3) is 0 Å². The van der Waals surface area contributed by atoms with Crippen molar-refractivity contribution < 1.29 is 13.5 Å². The molecule has 0 aromatic carbocycles. The van der Waals surface area contributed by atoms with E-state index in [-0.39, 0.29) is 24.8 Å². The molecule has 1 unspecified atom stereocenters. The Morgan fingerprint density at radius 3 is 2.47 bits per heavy atom. The van der Waals surface area contributed by atoms with Crippen LogP contribution in [-0.2, 0) is 10.0 Å². The molecule has 1 aliphatic heterocycles. The lowest BCUT2D eigenvalue weighted by atomic mass is 9.94. The van der Waals surface area contributed by atoms with Crippen molar-refractivity contribution in [3.05, 3.63) is 0 Å². The lowest BCUT2D eigenvalue weighted by Gasteiger charge is -2.45. The first-order valence-electron chi connectivity index (χ1n) is 5.09. The van der Waals surface area contributed by atoms with Crippen molar-refractivity contribution in [2.24, 2.45) is 5.92 Å². The summed E-state index contributed by atoms with van der Waals surface area (Å²) in [5.74, 6) is 0.355. The van der Waals surface area contributed by atoms with Gasteiger partial charge < -0.3 is 5.11 Å². The molecule has 1 aliphatic rings. The monoisotopic (exact) mass is 255 g/mol. The molecule has 4 nitrogen and oxygen atoms in total. The van der Waals surface area contributed by atoms with E-state index in [0.29, 0.717) is 12.3 Å². The van der Waals surface area contributed by atoms with Crippen LogP contribution in [-0.4, -0.2) is 48.2 Å². The molecule has 0 radical (unpaired) electrons. The third-order valence-electron chi connectivity index (χ3n) is 2.75. The summed E-state index contributed by atoms with van der Waals surface area (Å²) in [5, 5.41) is 9.71. The van der Waals surface area contributed by atoms with E-state index in [1.807, 2.05) is 6.92 Å². The Morgan fingerprint density at radius 1 is 1.53 bits per heavy atom. The Balaban J connectivity index is 2.53. The van der Waals surface area contributed by atoms with Crippen molar-refractivity contribution >= 4 is 21.6 Å². The Bertz CT molecular complexity index is 311. The molecule has 0 amide bonds. The van der Waals surface area contributed by atoms with Gasteiger partial charge in [-0.1, -0.05) is 13.8 Å². The largest absolute Gasteiger partial charge is 0.387 e. The standard InChI is InChI=1S/C9H18ClNO3S/c1-3-9(12)6-11(7-9)15(13,14)5-8(2)4-10/h8,12H,3-7H2,1-2H3. The molecular formula is C9H18ClNO3S. The van der Waals surface area contributed by atoms with Gasteiger partial charge in [0.05, 0.1) is 11.4 Å². The number of halogens is 1. The van der Waals surface area contributed by atoms with Gasteiger partial charge in [0, 0.05) is 19.0 Å². The van der Waals surface area contributed by atoms with Gasteiger partial charge in [-0.3, -0.25) is 0 Å². The fourth-order valence-corrected chi connectivity index (χ4v) is 3.70. The third-order valence-corrected chi connectivity index (χ3v) is 5.31. The number of β-amino-alcohol motifs (C(OH)–C–C–N with tert-alkyl or cyclic N) is 1. The molecule has 0 aliphatic carbocycles. The lowest BCUT2D eigenvalue weighted by molar-refractivity contribution is -0.0614. The van der Waals surface area contributed by atoms with Gasteiger partial charge in [-0.2, -0.15) is 4.31 Å². The highest BCUT2D eigenvalue weighted by molar-refractivity contribution is 7.89. The van der Waals surface area contributed by atoms with Gasteiger partial charge in [0.15, 0.2) is 0 Å². The Kier molecular flexibility index (Phi) is 4.03. The summed E-state index contributed by atoms with van der Waals surface area (Å²) in [5.41, 5.74) is -0.808. The van der Waals surface area contributed by atoms with Gasteiger partial charge in [-0.25, -0.2) is 8.42 Å². The smallest absolute Gasteiger partial charge is 0.214 e. The highest BCUT2D eigenvalue weighted by atomic mass is 35.5. The molecule has 6 heteroatoms. The number of rotatable bonds is 5. The van der Waals surface area contributed by atoms with Gasteiger partial charge in [0.1, 0.15) is 0 Å². The second-order valence-corrected chi connectivity index (χ2v) is 6.71. The molecule has 90 valence electrons. The van der Waals surface area contributed by atoms with Crippen LogP contribution in [0, 0.1) is 5.92 Å². The quantitative estimate of drug-likeness (QED) is 0.734. The fraction of sp³-hybridized carbons (Fsp3) is 1.00. The minimum atomic E-state index is -3.23. The maximum absolute atomic E-state index is 11.7. The second kappa shape index (κ2) is 4.57. The van der Waals surface area contributed by atoms with Gasteiger partial charge in [-0.15, -0.1) is 11.6 Å². The van der Waals surface area contributed by atoms with Gasteiger partial charge in [0.2, 0.25) is 10.0 Å². The summed E-state index contributed by atoms with van der Waals surface area (Å²) in [4.78, 5) is 0. The molecule has 0 saturated carbocycles. The molecule has 0 spiro atoms. The van der Waals surface area contributed by atoms with Gasteiger partial charge in [-0.05, 0) is 12.3 Å². The second-order valence-electron chi connectivity index (χ2n) is 4.38. The first kappa shape index (κ1) is 13.2. The lowest BCUT2D eigenvalue weighted by Crippen LogP contribution is -2.63. The first-order valence-corrected chi connectivity index (χ1v) is 7.23. The van der Waals surface area contributed by atoms with E-state index in [9.17, 15) is 13.5 Å². The Labute approximate surface area is 96.3 Å². The average molecular weight is 256 g/mol. The van der Waals surface area contributed by atoms with E-state index in [2.05, 4.69) is 0 Å². The molecule has 1 rings (SSSR count). The Hall–Kier alpha value is 0.160. The highest BCUT2D eigenvalue weighted by Crippen LogP contribution is 2.27. The fourth-order valence-electron chi connectivity index (χ4n) is 1.54. The average Bonchev–Trinajstić information content (AvgIpc) is 2.11. The zero-order valence-electron chi connectivity index (χ0n) is 9.11. The van der Waals surface area contributed by atoms with Crippen LogP contribution < -0.4 is 0 Å². The van der Waals surface area contributed by atoms with Crippen LogP contribution in [0.3, 0.4) is 0 Å². The van der Waals surface area contributed by atoms with Crippen LogP contribution in [0.15, 0.2) is 0 Å². The molecule has 15 heavy (non-hydrogen) atoms. The van der Waals surface area contributed by atoms with E-state index >= 15 is 0 Å². The number of alkyl halides is 1. The van der Waals surface area contributed by atoms with Crippen LogP contribution in [0.5, 0.6) is 0 Å². The molecule has 1 heterocycles. The molecule has 0 bridgehead atoms. The van der Waals surface area contributed by atoms with Gasteiger partial charge >= 0.3 is 0 Å². The summed E-state index contributed by atoms with van der Waals surface area (Å²) >= 11 is 5.57. The van der Waals surface area contributed by atoms with E-state index in [4.69, 9.17) is 11.6 Å². The number of hydrogen-bond donors (Lipinski definition) is 1. The zero-order chi connectivity index (χ0) is 11.7. The molecule has 1 atom stereocenters. The third kappa shape index (κ3) is 3.06. The first-order chi connectivity index (χ1) is 6.83. The van der Waals surface area contributed by atoms with Crippen molar-refractivity contribution in [3.8, 4) is 0 Å². The van der Waals surface area contributed by atoms with E-state index in [1.165, 1.54) is 4.31 Å². The molecular weight excluding hydrogens is 238 g/mol. The maximum atomic E-state index is 11.7. The van der Waals surface area contributed by atoms with Crippen molar-refractivity contribution in [2.45, 2.75) is 25.9 Å². The molecule has 1 saturated heterocycles. The van der Waals surface area contributed by atoms with Crippen LogP contribution >= 0.6 is 11.6 Å². The summed E-state index contributed by atoms with van der Waals surface area (Å²) in [6.45, 7) is 4.10. The number of aliphatic hydroxyl groups is 1. The summed E-state index contributed by atoms with van der Waals surface area (Å²) < 4.78 is 24.8. The highest BCUT2D eigenvalue weighted by Gasteiger charge is 2.45. The van der Waals surface area contributed by atoms with E-state index < -0.39 is 15.6 Å². The predicted molar refractivity (Wildman–Crippen MR) is 60.5 cm³/mol. The number of hydrogen-bond acceptors (Lipinski definition) is 3. The SMILES string of the molecule is CCC1(O)CN(S(=O)(=O)CC(C)CCl)C1. The van der Waals surface area contributed by atoms with Crippen molar-refractivity contribution in [1.82, 2.24) is 4.31 Å². The van der Waals surface area contributed by atoms with Crippen molar-refractivity contribution in [2.75, 3.05) is 24.7 Å². The Morgan fingerprint density at radius 2 is 2.07 bits per heavy atom. The normalized spacial score (nSPS) is 23.5. The van der Waals surface area contributed by atoms with Crippen LogP contribution in [0.2, 0.25) is 0 Å². The molecule has 0 aromatic rings. The van der Waals surface area contributed by atoms with E-state index in [0.717, 1.165) is 0 Å². The van der Waals surface area contributed by atoms with E-state index in [1.54, 1.807) is 6.92 Å². The summed E-state index contributed by atoms with van der Waals surface area (Å²) in [7, 11) is -3.23. The minimum absolute atomic E-state index is 0.0491. The van der Waals surface area contributed by atoms with Crippen LogP contribution in [0.1, 0.15) is 20.3 Å². The topological polar surface area (TPSA) is 57.6 Å². The number of sulfonamides is 1. The van der Waals surface area contributed by atoms with Crippen molar-refractivity contribution in [3.63, 3.8) is 0 Å². The van der Waals surface area contributed by atoms with Crippen LogP contribution in [0.4, 0.5) is 0 Å². The molecule has 1 N–H and O–H groups in total. The predicted octanol–water partition coefficient (Wildman–Crippen LogP) is 0.648. The zero-order valence-corrected chi connectivity index (χ0v) is 10.7. The summed E-state index contributed by atoms with van der Waals surface area (Å²) in [6, 6.07) is 0. The van der Waals surface area contributed by atoms with Crippen molar-refractivity contribution in [1.29, 1.82) is 0 Å². The van der Waals surface area contributed by atoms with Crippen LogP contribution in [0.25, 0.3) is 0 Å². The maximum Gasteiger partial charge on any atom is 0.214 e. The summed E-state index contributed by atoms with van der Waals surface area (Å²) in [6.07, 6.45) is 0.587.